The van der Waals surface area contributed by atoms with Crippen molar-refractivity contribution in [3.05, 3.63) is 47.5 Å². The second-order valence-electron chi connectivity index (χ2n) is 5.47. The number of nitrogens with zero attached hydrogens (tertiary/aromatic N) is 1. The monoisotopic (exact) mass is 301 g/mol. The molecule has 0 fully saturated rings. The van der Waals surface area contributed by atoms with Crippen molar-refractivity contribution >= 4 is 11.8 Å². The molecule has 1 aliphatic heterocycles. The minimum atomic E-state index is -0.120. The second-order valence-corrected chi connectivity index (χ2v) is 5.47. The summed E-state index contributed by atoms with van der Waals surface area (Å²) >= 11 is 0. The fraction of sp³-hybridized carbons (Fsp3) is 0.412. The fourth-order valence-corrected chi connectivity index (χ4v) is 2.78. The van der Waals surface area contributed by atoms with Crippen molar-refractivity contribution in [1.29, 1.82) is 0 Å². The molecule has 22 heavy (non-hydrogen) atoms. The number of amides is 2. The number of benzene rings is 1. The number of fused-ring (bicyclic) bond motifs is 1. The van der Waals surface area contributed by atoms with Gasteiger partial charge in [-0.05, 0) is 30.7 Å². The maximum absolute atomic E-state index is 12.5. The van der Waals surface area contributed by atoms with Gasteiger partial charge in [-0.3, -0.25) is 9.59 Å². The lowest BCUT2D eigenvalue weighted by atomic mass is 10.1. The van der Waals surface area contributed by atoms with Crippen molar-refractivity contribution in [2.45, 2.75) is 32.0 Å². The third-order valence-corrected chi connectivity index (χ3v) is 4.00. The van der Waals surface area contributed by atoms with Crippen LogP contribution in [-0.4, -0.2) is 36.9 Å². The predicted octanol–water partition coefficient (Wildman–Crippen LogP) is 1.44. The van der Waals surface area contributed by atoms with Crippen LogP contribution < -0.4 is 10.6 Å². The van der Waals surface area contributed by atoms with Gasteiger partial charge in [0.15, 0.2) is 0 Å². The number of nitrogens with one attached hydrogen (secondary N) is 2. The van der Waals surface area contributed by atoms with Crippen LogP contribution in [0.3, 0.4) is 0 Å². The Morgan fingerprint density at radius 2 is 2.23 bits per heavy atom. The Morgan fingerprint density at radius 3 is 2.86 bits per heavy atom. The van der Waals surface area contributed by atoms with Crippen LogP contribution in [0.5, 0.6) is 0 Å². The summed E-state index contributed by atoms with van der Waals surface area (Å²) in [7, 11) is 3.52. The van der Waals surface area contributed by atoms with Crippen LogP contribution >= 0.6 is 0 Å². The number of rotatable bonds is 7. The van der Waals surface area contributed by atoms with Gasteiger partial charge in [-0.1, -0.05) is 18.2 Å². The summed E-state index contributed by atoms with van der Waals surface area (Å²) < 4.78 is 0. The standard InChI is InChI=1S/C17H23N3O2/c1-4-14(6-8-16(21)19-3)20-11-13-9-12(10-18-2)5-7-15(13)17(20)22/h4-5,7,9,14,18H,1,6,8,10-11H2,2-3H3,(H,19,21). The van der Waals surface area contributed by atoms with Gasteiger partial charge in [-0.15, -0.1) is 6.58 Å². The van der Waals surface area contributed by atoms with Gasteiger partial charge >= 0.3 is 0 Å². The smallest absolute Gasteiger partial charge is 0.254 e. The molecule has 1 unspecified atom stereocenters. The van der Waals surface area contributed by atoms with Crippen molar-refractivity contribution in [2.24, 2.45) is 0 Å². The molecular formula is C17H23N3O2. The van der Waals surface area contributed by atoms with E-state index in [1.54, 1.807) is 18.0 Å². The Morgan fingerprint density at radius 1 is 1.45 bits per heavy atom. The van der Waals surface area contributed by atoms with E-state index in [0.717, 1.165) is 23.2 Å². The molecule has 0 saturated carbocycles. The van der Waals surface area contributed by atoms with E-state index in [1.165, 1.54) is 0 Å². The molecule has 2 rings (SSSR count). The van der Waals surface area contributed by atoms with Crippen molar-refractivity contribution in [3.8, 4) is 0 Å². The molecule has 1 aromatic carbocycles. The van der Waals surface area contributed by atoms with E-state index in [-0.39, 0.29) is 17.9 Å². The van der Waals surface area contributed by atoms with Crippen LogP contribution in [-0.2, 0) is 17.9 Å². The molecular weight excluding hydrogens is 278 g/mol. The first kappa shape index (κ1) is 16.2. The molecule has 1 aromatic rings. The SMILES string of the molecule is C=CC(CCC(=O)NC)N1Cc2cc(CNC)ccc2C1=O. The minimum absolute atomic E-state index is 0.0210. The first-order valence-corrected chi connectivity index (χ1v) is 7.51. The molecule has 0 aromatic heterocycles. The molecule has 0 saturated heterocycles. The number of carbonyl (C=O) groups is 2. The maximum atomic E-state index is 12.5. The molecule has 0 aliphatic carbocycles. The van der Waals surface area contributed by atoms with Gasteiger partial charge in [0.2, 0.25) is 5.91 Å². The number of hydrogen-bond donors (Lipinski definition) is 2. The Bertz CT molecular complexity index is 583. The normalized spacial score (nSPS) is 14.6. The van der Waals surface area contributed by atoms with Crippen molar-refractivity contribution < 1.29 is 9.59 Å². The zero-order valence-corrected chi connectivity index (χ0v) is 13.2. The van der Waals surface area contributed by atoms with E-state index in [9.17, 15) is 9.59 Å². The molecule has 5 heteroatoms. The summed E-state index contributed by atoms with van der Waals surface area (Å²) in [5, 5.41) is 5.71. The van der Waals surface area contributed by atoms with Gasteiger partial charge in [0.1, 0.15) is 0 Å². The van der Waals surface area contributed by atoms with E-state index < -0.39 is 0 Å². The molecule has 5 nitrogen and oxygen atoms in total. The average Bonchev–Trinajstić information content (AvgIpc) is 2.85. The lowest BCUT2D eigenvalue weighted by molar-refractivity contribution is -0.120. The molecule has 0 bridgehead atoms. The van der Waals surface area contributed by atoms with Gasteiger partial charge in [0.25, 0.3) is 5.91 Å². The largest absolute Gasteiger partial charge is 0.359 e. The lowest BCUT2D eigenvalue weighted by Crippen LogP contribution is -2.35. The lowest BCUT2D eigenvalue weighted by Gasteiger charge is -2.24. The summed E-state index contributed by atoms with van der Waals surface area (Å²) in [5.74, 6) is 0.000121. The molecule has 2 amide bonds. The maximum Gasteiger partial charge on any atom is 0.254 e. The first-order chi connectivity index (χ1) is 10.6. The molecule has 1 atom stereocenters. The third-order valence-electron chi connectivity index (χ3n) is 4.00. The zero-order valence-electron chi connectivity index (χ0n) is 13.2. The highest BCUT2D eigenvalue weighted by molar-refractivity contribution is 5.98. The van der Waals surface area contributed by atoms with Gasteiger partial charge in [0.05, 0.1) is 6.04 Å². The molecule has 0 radical (unpaired) electrons. The molecule has 1 heterocycles. The van der Waals surface area contributed by atoms with E-state index in [2.05, 4.69) is 23.3 Å². The zero-order chi connectivity index (χ0) is 16.1. The van der Waals surface area contributed by atoms with E-state index in [0.29, 0.717) is 19.4 Å². The number of hydrogen-bond acceptors (Lipinski definition) is 3. The van der Waals surface area contributed by atoms with E-state index in [1.807, 2.05) is 19.2 Å². The van der Waals surface area contributed by atoms with Crippen molar-refractivity contribution in [1.82, 2.24) is 15.5 Å². The van der Waals surface area contributed by atoms with Gasteiger partial charge < -0.3 is 15.5 Å². The highest BCUT2D eigenvalue weighted by atomic mass is 16.2. The summed E-state index contributed by atoms with van der Waals surface area (Å²) in [6, 6.07) is 5.82. The fourth-order valence-electron chi connectivity index (χ4n) is 2.78. The number of carbonyl (C=O) groups excluding carboxylic acids is 2. The van der Waals surface area contributed by atoms with Crippen LogP contribution in [0.1, 0.15) is 34.3 Å². The van der Waals surface area contributed by atoms with Crippen LogP contribution in [0.2, 0.25) is 0 Å². The van der Waals surface area contributed by atoms with Crippen LogP contribution in [0.15, 0.2) is 30.9 Å². The van der Waals surface area contributed by atoms with E-state index in [4.69, 9.17) is 0 Å². The third kappa shape index (κ3) is 3.36. The second kappa shape index (κ2) is 7.22. The minimum Gasteiger partial charge on any atom is -0.359 e. The Kier molecular flexibility index (Phi) is 5.33. The summed E-state index contributed by atoms with van der Waals surface area (Å²) in [6.45, 7) is 5.18. The Balaban J connectivity index is 2.11. The Labute approximate surface area is 131 Å². The van der Waals surface area contributed by atoms with Crippen molar-refractivity contribution in [2.75, 3.05) is 14.1 Å². The average molecular weight is 301 g/mol. The quantitative estimate of drug-likeness (QED) is 0.749. The topological polar surface area (TPSA) is 61.4 Å². The summed E-state index contributed by atoms with van der Waals surface area (Å²) in [4.78, 5) is 25.7. The highest BCUT2D eigenvalue weighted by Gasteiger charge is 2.31. The highest BCUT2D eigenvalue weighted by Crippen LogP contribution is 2.27. The first-order valence-electron chi connectivity index (χ1n) is 7.51. The van der Waals surface area contributed by atoms with Crippen molar-refractivity contribution in [3.63, 3.8) is 0 Å². The van der Waals surface area contributed by atoms with Gasteiger partial charge in [-0.2, -0.15) is 0 Å². The summed E-state index contributed by atoms with van der Waals surface area (Å²) in [5.41, 5.74) is 2.97. The van der Waals surface area contributed by atoms with Crippen LogP contribution in [0, 0.1) is 0 Å². The van der Waals surface area contributed by atoms with Gasteiger partial charge in [-0.25, -0.2) is 0 Å². The van der Waals surface area contributed by atoms with Crippen LogP contribution in [0.4, 0.5) is 0 Å². The van der Waals surface area contributed by atoms with Gasteiger partial charge in [0, 0.05) is 32.1 Å². The molecule has 1 aliphatic rings. The molecule has 0 spiro atoms. The van der Waals surface area contributed by atoms with Crippen LogP contribution in [0.25, 0.3) is 0 Å². The predicted molar refractivity (Wildman–Crippen MR) is 86.4 cm³/mol. The molecule has 2 N–H and O–H groups in total. The summed E-state index contributed by atoms with van der Waals surface area (Å²) in [6.07, 6.45) is 2.73. The Hall–Kier alpha value is -2.14. The van der Waals surface area contributed by atoms with E-state index >= 15 is 0 Å². The molecule has 118 valence electrons.